The van der Waals surface area contributed by atoms with Gasteiger partial charge in [0, 0.05) is 6.20 Å². The van der Waals surface area contributed by atoms with Crippen molar-refractivity contribution in [3.05, 3.63) is 77.6 Å². The summed E-state index contributed by atoms with van der Waals surface area (Å²) in [7, 11) is 0. The second-order valence-electron chi connectivity index (χ2n) is 4.90. The number of amides is 1. The monoisotopic (exact) mass is 327 g/mol. The average Bonchev–Trinajstić information content (AvgIpc) is 3.08. The van der Waals surface area contributed by atoms with Crippen LogP contribution in [0.5, 0.6) is 0 Å². The lowest BCUT2D eigenvalue weighted by Crippen LogP contribution is -2.32. The van der Waals surface area contributed by atoms with Gasteiger partial charge in [-0.15, -0.1) is 0 Å². The number of halogens is 1. The lowest BCUT2D eigenvalue weighted by molar-refractivity contribution is 0.0931. The van der Waals surface area contributed by atoms with Crippen LogP contribution >= 0.6 is 11.6 Å². The van der Waals surface area contributed by atoms with Crippen molar-refractivity contribution in [2.75, 3.05) is 0 Å². The quantitative estimate of drug-likeness (QED) is 0.731. The number of benzene rings is 1. The Morgan fingerprint density at radius 2 is 2.04 bits per heavy atom. The number of nitrogens with one attached hydrogen (secondary N) is 1. The molecule has 0 saturated carbocycles. The molecule has 2 heterocycles. The third-order valence-corrected chi connectivity index (χ3v) is 3.65. The summed E-state index contributed by atoms with van der Waals surface area (Å²) < 4.78 is 1.67. The van der Waals surface area contributed by atoms with E-state index in [4.69, 9.17) is 11.6 Å². The number of pyridine rings is 1. The Kier molecular flexibility index (Phi) is 4.63. The Morgan fingerprint density at radius 3 is 2.74 bits per heavy atom. The minimum atomic E-state index is -0.280. The zero-order chi connectivity index (χ0) is 16.1. The van der Waals surface area contributed by atoms with Gasteiger partial charge in [-0.1, -0.05) is 41.9 Å². The van der Waals surface area contributed by atoms with E-state index in [1.54, 1.807) is 29.3 Å². The van der Waals surface area contributed by atoms with Crippen LogP contribution in [0.4, 0.5) is 0 Å². The Bertz CT molecular complexity index is 776. The van der Waals surface area contributed by atoms with Gasteiger partial charge in [-0.3, -0.25) is 9.48 Å². The maximum absolute atomic E-state index is 12.5. The normalized spacial score (nSPS) is 11.9. The van der Waals surface area contributed by atoms with E-state index in [1.807, 2.05) is 30.3 Å². The molecule has 0 radical (unpaired) electrons. The molecule has 0 aliphatic rings. The standard InChI is InChI=1S/C16H14ClN5O/c17-15-13(7-4-8-19-15)16(23)21-14(9-22-11-18-10-20-22)12-5-2-1-3-6-12/h1-8,10-11,14H,9H2,(H,21,23)/t14-/m1/s1. The highest BCUT2D eigenvalue weighted by Crippen LogP contribution is 2.17. The molecular weight excluding hydrogens is 314 g/mol. The number of nitrogens with zero attached hydrogens (tertiary/aromatic N) is 4. The van der Waals surface area contributed by atoms with Crippen molar-refractivity contribution in [2.45, 2.75) is 12.6 Å². The minimum absolute atomic E-state index is 0.178. The van der Waals surface area contributed by atoms with Gasteiger partial charge in [-0.05, 0) is 17.7 Å². The zero-order valence-corrected chi connectivity index (χ0v) is 12.9. The predicted molar refractivity (Wildman–Crippen MR) is 85.9 cm³/mol. The first-order chi connectivity index (χ1) is 11.2. The first kappa shape index (κ1) is 15.2. The summed E-state index contributed by atoms with van der Waals surface area (Å²) in [6.07, 6.45) is 4.62. The topological polar surface area (TPSA) is 72.7 Å². The molecule has 6 nitrogen and oxygen atoms in total. The molecule has 0 spiro atoms. The second-order valence-corrected chi connectivity index (χ2v) is 5.25. The summed E-state index contributed by atoms with van der Waals surface area (Å²) in [4.78, 5) is 20.4. The highest BCUT2D eigenvalue weighted by Gasteiger charge is 2.18. The second kappa shape index (κ2) is 7.02. The molecule has 23 heavy (non-hydrogen) atoms. The van der Waals surface area contributed by atoms with Gasteiger partial charge in [0.25, 0.3) is 5.91 Å². The van der Waals surface area contributed by atoms with E-state index in [0.717, 1.165) is 5.56 Å². The van der Waals surface area contributed by atoms with Crippen LogP contribution in [0.15, 0.2) is 61.3 Å². The van der Waals surface area contributed by atoms with Crippen molar-refractivity contribution in [3.8, 4) is 0 Å². The van der Waals surface area contributed by atoms with Crippen molar-refractivity contribution in [1.29, 1.82) is 0 Å². The van der Waals surface area contributed by atoms with Crippen LogP contribution < -0.4 is 5.32 Å². The van der Waals surface area contributed by atoms with Crippen LogP contribution in [-0.4, -0.2) is 25.7 Å². The Morgan fingerprint density at radius 1 is 1.22 bits per heavy atom. The van der Waals surface area contributed by atoms with Gasteiger partial charge < -0.3 is 5.32 Å². The molecule has 7 heteroatoms. The molecule has 1 N–H and O–H groups in total. The fourth-order valence-corrected chi connectivity index (χ4v) is 2.43. The van der Waals surface area contributed by atoms with Gasteiger partial charge in [-0.25, -0.2) is 9.97 Å². The highest BCUT2D eigenvalue weighted by molar-refractivity contribution is 6.32. The summed E-state index contributed by atoms with van der Waals surface area (Å²) in [5, 5.41) is 7.25. The zero-order valence-electron chi connectivity index (χ0n) is 12.1. The molecule has 1 atom stereocenters. The third kappa shape index (κ3) is 3.73. The predicted octanol–water partition coefficient (Wildman–Crippen LogP) is 2.50. The van der Waals surface area contributed by atoms with E-state index in [0.29, 0.717) is 12.1 Å². The molecule has 0 saturated heterocycles. The molecule has 0 aliphatic heterocycles. The number of aromatic nitrogens is 4. The molecule has 3 aromatic rings. The van der Waals surface area contributed by atoms with Gasteiger partial charge in [0.1, 0.15) is 17.8 Å². The van der Waals surface area contributed by atoms with E-state index < -0.39 is 0 Å². The Labute approximate surface area is 138 Å². The van der Waals surface area contributed by atoms with Crippen LogP contribution in [0.3, 0.4) is 0 Å². The summed E-state index contributed by atoms with van der Waals surface area (Å²) in [6.45, 7) is 0.466. The largest absolute Gasteiger partial charge is 0.343 e. The van der Waals surface area contributed by atoms with Crippen LogP contribution in [-0.2, 0) is 6.54 Å². The van der Waals surface area contributed by atoms with E-state index in [-0.39, 0.29) is 17.1 Å². The van der Waals surface area contributed by atoms with Crippen molar-refractivity contribution in [3.63, 3.8) is 0 Å². The molecule has 0 bridgehead atoms. The van der Waals surface area contributed by atoms with E-state index >= 15 is 0 Å². The maximum Gasteiger partial charge on any atom is 0.254 e. The molecule has 0 aliphatic carbocycles. The van der Waals surface area contributed by atoms with E-state index in [1.165, 1.54) is 6.33 Å². The van der Waals surface area contributed by atoms with E-state index in [9.17, 15) is 4.79 Å². The van der Waals surface area contributed by atoms with Gasteiger partial charge in [0.2, 0.25) is 0 Å². The fraction of sp³-hybridized carbons (Fsp3) is 0.125. The molecule has 116 valence electrons. The number of carbonyl (C=O) groups is 1. The van der Waals surface area contributed by atoms with Gasteiger partial charge >= 0.3 is 0 Å². The summed E-state index contributed by atoms with van der Waals surface area (Å²) >= 11 is 5.99. The average molecular weight is 328 g/mol. The Hall–Kier alpha value is -2.73. The molecule has 1 amide bonds. The minimum Gasteiger partial charge on any atom is -0.343 e. The molecule has 0 fully saturated rings. The third-order valence-electron chi connectivity index (χ3n) is 3.35. The SMILES string of the molecule is O=C(N[C@H](Cn1cncn1)c1ccccc1)c1cccnc1Cl. The van der Waals surface area contributed by atoms with Gasteiger partial charge in [0.05, 0.1) is 18.2 Å². The first-order valence-corrected chi connectivity index (χ1v) is 7.40. The number of hydrogen-bond donors (Lipinski definition) is 1. The molecule has 0 unspecified atom stereocenters. The van der Waals surface area contributed by atoms with Crippen molar-refractivity contribution in [1.82, 2.24) is 25.1 Å². The van der Waals surface area contributed by atoms with Gasteiger partial charge in [-0.2, -0.15) is 5.10 Å². The van der Waals surface area contributed by atoms with Crippen molar-refractivity contribution < 1.29 is 4.79 Å². The molecule has 2 aromatic heterocycles. The van der Waals surface area contributed by atoms with Crippen LogP contribution in [0, 0.1) is 0 Å². The molecule has 3 rings (SSSR count). The lowest BCUT2D eigenvalue weighted by atomic mass is 10.1. The van der Waals surface area contributed by atoms with E-state index in [2.05, 4.69) is 20.4 Å². The van der Waals surface area contributed by atoms with Crippen LogP contribution in [0.25, 0.3) is 0 Å². The number of rotatable bonds is 5. The van der Waals surface area contributed by atoms with Crippen molar-refractivity contribution in [2.24, 2.45) is 0 Å². The maximum atomic E-state index is 12.5. The number of hydrogen-bond acceptors (Lipinski definition) is 4. The fourth-order valence-electron chi connectivity index (χ4n) is 2.23. The summed E-state index contributed by atoms with van der Waals surface area (Å²) in [5.41, 5.74) is 1.31. The summed E-state index contributed by atoms with van der Waals surface area (Å²) in [5.74, 6) is -0.280. The Balaban J connectivity index is 1.84. The first-order valence-electron chi connectivity index (χ1n) is 7.03. The highest BCUT2D eigenvalue weighted by atomic mass is 35.5. The number of carbonyl (C=O) groups excluding carboxylic acids is 1. The van der Waals surface area contributed by atoms with Crippen LogP contribution in [0.1, 0.15) is 22.0 Å². The smallest absolute Gasteiger partial charge is 0.254 e. The summed E-state index contributed by atoms with van der Waals surface area (Å²) in [6, 6.07) is 12.7. The van der Waals surface area contributed by atoms with Gasteiger partial charge in [0.15, 0.2) is 0 Å². The lowest BCUT2D eigenvalue weighted by Gasteiger charge is -2.19. The molecule has 1 aromatic carbocycles. The van der Waals surface area contributed by atoms with Crippen LogP contribution in [0.2, 0.25) is 5.15 Å². The van der Waals surface area contributed by atoms with Crippen molar-refractivity contribution >= 4 is 17.5 Å². The molecular formula is C16H14ClN5O.